The number of hydrogen-bond acceptors (Lipinski definition) is 5. The highest BCUT2D eigenvalue weighted by Crippen LogP contribution is 2.29. The van der Waals surface area contributed by atoms with Gasteiger partial charge in [-0.1, -0.05) is 18.1 Å². The van der Waals surface area contributed by atoms with Crippen molar-refractivity contribution in [3.63, 3.8) is 0 Å². The molecule has 1 unspecified atom stereocenters. The van der Waals surface area contributed by atoms with Gasteiger partial charge in [0, 0.05) is 17.9 Å². The first-order chi connectivity index (χ1) is 9.09. The molecular weight excluding hydrogens is 242 g/mol. The van der Waals surface area contributed by atoms with Crippen LogP contribution in [0.3, 0.4) is 0 Å². The van der Waals surface area contributed by atoms with Crippen molar-refractivity contribution in [2.24, 2.45) is 0 Å². The van der Waals surface area contributed by atoms with Crippen LogP contribution in [0.25, 0.3) is 11.5 Å². The molecule has 0 amide bonds. The van der Waals surface area contributed by atoms with Crippen molar-refractivity contribution in [2.45, 2.75) is 32.8 Å². The molecule has 0 spiro atoms. The van der Waals surface area contributed by atoms with Crippen molar-refractivity contribution in [2.75, 3.05) is 12.3 Å². The van der Waals surface area contributed by atoms with E-state index in [-0.39, 0.29) is 0 Å². The second-order valence-electron chi connectivity index (χ2n) is 4.57. The van der Waals surface area contributed by atoms with Crippen LogP contribution in [0.1, 0.15) is 33.0 Å². The normalized spacial score (nSPS) is 14.3. The minimum Gasteiger partial charge on any atom is -0.399 e. The van der Waals surface area contributed by atoms with E-state index in [1.165, 1.54) is 0 Å². The average Bonchev–Trinajstić information content (AvgIpc) is 2.89. The van der Waals surface area contributed by atoms with Crippen LogP contribution in [0, 0.1) is 0 Å². The van der Waals surface area contributed by atoms with Gasteiger partial charge in [-0.15, -0.1) is 0 Å². The lowest BCUT2D eigenvalue weighted by atomic mass is 10.0. The summed E-state index contributed by atoms with van der Waals surface area (Å²) in [4.78, 5) is 4.42. The second kappa shape index (κ2) is 5.40. The van der Waals surface area contributed by atoms with E-state index in [4.69, 9.17) is 15.0 Å². The monoisotopic (exact) mass is 261 g/mol. The molecule has 1 aromatic heterocycles. The molecule has 0 radical (unpaired) electrons. The minimum absolute atomic E-state index is 0.460. The maximum atomic E-state index is 5.75. The summed E-state index contributed by atoms with van der Waals surface area (Å²) in [5.41, 5.74) is 6.71. The Morgan fingerprint density at radius 3 is 2.79 bits per heavy atom. The highest BCUT2D eigenvalue weighted by Gasteiger charge is 2.31. The maximum Gasteiger partial charge on any atom is 0.258 e. The van der Waals surface area contributed by atoms with Gasteiger partial charge in [-0.3, -0.25) is 0 Å². The van der Waals surface area contributed by atoms with Gasteiger partial charge in [-0.05, 0) is 38.5 Å². The topological polar surface area (TPSA) is 74.2 Å². The van der Waals surface area contributed by atoms with Gasteiger partial charge in [0.15, 0.2) is 0 Å². The summed E-state index contributed by atoms with van der Waals surface area (Å²) < 4.78 is 11.0. The van der Waals surface area contributed by atoms with Crippen LogP contribution in [-0.4, -0.2) is 16.7 Å². The fraction of sp³-hybridized carbons (Fsp3) is 0.429. The smallest absolute Gasteiger partial charge is 0.258 e. The molecule has 0 aliphatic heterocycles. The highest BCUT2D eigenvalue weighted by molar-refractivity contribution is 5.59. The summed E-state index contributed by atoms with van der Waals surface area (Å²) in [6.07, 6.45) is 0.775. The third-order valence-corrected chi connectivity index (χ3v) is 3.17. The fourth-order valence-corrected chi connectivity index (χ4v) is 1.87. The lowest BCUT2D eigenvalue weighted by Crippen LogP contribution is -2.26. The average molecular weight is 261 g/mol. The second-order valence-corrected chi connectivity index (χ2v) is 4.57. The Morgan fingerprint density at radius 2 is 2.16 bits per heavy atom. The Balaban J connectivity index is 2.33. The lowest BCUT2D eigenvalue weighted by Gasteiger charge is -2.23. The van der Waals surface area contributed by atoms with Gasteiger partial charge in [0.25, 0.3) is 5.89 Å². The molecule has 1 aromatic carbocycles. The number of hydrogen-bond donors (Lipinski definition) is 1. The molecular formula is C14H19N3O2. The number of nitrogens with two attached hydrogens (primary N) is 1. The molecule has 1 heterocycles. The number of nitrogens with zero attached hydrogens (tertiary/aromatic N) is 2. The Labute approximate surface area is 112 Å². The summed E-state index contributed by atoms with van der Waals surface area (Å²) in [7, 11) is 0. The van der Waals surface area contributed by atoms with E-state index in [2.05, 4.69) is 10.1 Å². The lowest BCUT2D eigenvalue weighted by molar-refractivity contribution is -0.0403. The Morgan fingerprint density at radius 1 is 1.37 bits per heavy atom. The van der Waals surface area contributed by atoms with Crippen LogP contribution in [0.5, 0.6) is 0 Å². The molecule has 0 aliphatic rings. The standard InChI is InChI=1S/C14H19N3O2/c1-4-14(3,18-5-2)13-16-12(19-17-13)10-7-6-8-11(15)9-10/h6-9H,4-5,15H2,1-3H3. The van der Waals surface area contributed by atoms with Crippen LogP contribution in [0.2, 0.25) is 0 Å². The van der Waals surface area contributed by atoms with Crippen LogP contribution in [0.4, 0.5) is 5.69 Å². The molecule has 1 atom stereocenters. The largest absolute Gasteiger partial charge is 0.399 e. The molecule has 0 aliphatic carbocycles. The Hall–Kier alpha value is -1.88. The molecule has 2 rings (SSSR count). The van der Waals surface area contributed by atoms with Gasteiger partial charge in [0.05, 0.1) is 0 Å². The summed E-state index contributed by atoms with van der Waals surface area (Å²) in [5.74, 6) is 1.02. The van der Waals surface area contributed by atoms with Gasteiger partial charge in [-0.2, -0.15) is 4.98 Å². The third-order valence-electron chi connectivity index (χ3n) is 3.17. The molecule has 2 N–H and O–H groups in total. The van der Waals surface area contributed by atoms with E-state index in [9.17, 15) is 0 Å². The van der Waals surface area contributed by atoms with Gasteiger partial charge >= 0.3 is 0 Å². The molecule has 0 saturated heterocycles. The van der Waals surface area contributed by atoms with E-state index >= 15 is 0 Å². The molecule has 0 fully saturated rings. The van der Waals surface area contributed by atoms with Crippen molar-refractivity contribution < 1.29 is 9.26 Å². The summed E-state index contributed by atoms with van der Waals surface area (Å²) in [6, 6.07) is 7.37. The molecule has 2 aromatic rings. The van der Waals surface area contributed by atoms with E-state index in [1.807, 2.05) is 39.0 Å². The number of benzene rings is 1. The van der Waals surface area contributed by atoms with E-state index in [0.717, 1.165) is 12.0 Å². The molecule has 0 saturated carbocycles. The van der Waals surface area contributed by atoms with Crippen molar-refractivity contribution in [1.82, 2.24) is 10.1 Å². The van der Waals surface area contributed by atoms with Gasteiger partial charge < -0.3 is 15.0 Å². The molecule has 19 heavy (non-hydrogen) atoms. The van der Waals surface area contributed by atoms with Crippen LogP contribution < -0.4 is 5.73 Å². The van der Waals surface area contributed by atoms with E-state index < -0.39 is 5.60 Å². The number of anilines is 1. The number of nitrogen functional groups attached to an aromatic ring is 1. The first-order valence-electron chi connectivity index (χ1n) is 6.43. The zero-order valence-electron chi connectivity index (χ0n) is 11.5. The van der Waals surface area contributed by atoms with Crippen molar-refractivity contribution in [1.29, 1.82) is 0 Å². The highest BCUT2D eigenvalue weighted by atomic mass is 16.5. The van der Waals surface area contributed by atoms with Gasteiger partial charge in [-0.25, -0.2) is 0 Å². The fourth-order valence-electron chi connectivity index (χ4n) is 1.87. The van der Waals surface area contributed by atoms with Crippen LogP contribution >= 0.6 is 0 Å². The number of ether oxygens (including phenoxy) is 1. The molecule has 5 heteroatoms. The molecule has 5 nitrogen and oxygen atoms in total. The Bertz CT molecular complexity index is 553. The predicted molar refractivity (Wildman–Crippen MR) is 73.4 cm³/mol. The van der Waals surface area contributed by atoms with Crippen LogP contribution in [-0.2, 0) is 10.3 Å². The number of rotatable bonds is 5. The third kappa shape index (κ3) is 2.76. The zero-order chi connectivity index (χ0) is 13.9. The first-order valence-corrected chi connectivity index (χ1v) is 6.43. The Kier molecular flexibility index (Phi) is 3.85. The quantitative estimate of drug-likeness (QED) is 0.837. The van der Waals surface area contributed by atoms with Crippen molar-refractivity contribution >= 4 is 5.69 Å². The summed E-state index contributed by atoms with van der Waals surface area (Å²) >= 11 is 0. The predicted octanol–water partition coefficient (Wildman–Crippen LogP) is 2.98. The summed E-state index contributed by atoms with van der Waals surface area (Å²) in [6.45, 7) is 6.55. The maximum absolute atomic E-state index is 5.75. The van der Waals surface area contributed by atoms with Crippen molar-refractivity contribution in [3.05, 3.63) is 30.1 Å². The summed E-state index contributed by atoms with van der Waals surface area (Å²) in [5, 5.41) is 4.03. The van der Waals surface area contributed by atoms with Crippen molar-refractivity contribution in [3.8, 4) is 11.5 Å². The SMILES string of the molecule is CCOC(C)(CC)c1noc(-c2cccc(N)c2)n1. The van der Waals surface area contributed by atoms with E-state index in [0.29, 0.717) is 24.0 Å². The first kappa shape index (κ1) is 13.5. The zero-order valence-corrected chi connectivity index (χ0v) is 11.5. The molecule has 0 bridgehead atoms. The van der Waals surface area contributed by atoms with Gasteiger partial charge in [0.2, 0.25) is 5.82 Å². The van der Waals surface area contributed by atoms with E-state index in [1.54, 1.807) is 6.07 Å². The van der Waals surface area contributed by atoms with Crippen LogP contribution in [0.15, 0.2) is 28.8 Å². The minimum atomic E-state index is -0.517. The number of aromatic nitrogens is 2. The van der Waals surface area contributed by atoms with Gasteiger partial charge in [0.1, 0.15) is 5.60 Å². The molecule has 102 valence electrons.